The molecule has 1 aliphatic heterocycles. The van der Waals surface area contributed by atoms with Crippen LogP contribution in [0.3, 0.4) is 0 Å². The monoisotopic (exact) mass is 192 g/mol. The van der Waals surface area contributed by atoms with E-state index < -0.39 is 0 Å². The number of amides is 1. The first-order chi connectivity index (χ1) is 6.57. The smallest absolute Gasteiger partial charge is 0.226 e. The van der Waals surface area contributed by atoms with E-state index in [1.165, 1.54) is 0 Å². The van der Waals surface area contributed by atoms with Crippen molar-refractivity contribution < 1.29 is 4.79 Å². The molecule has 3 heteroatoms. The van der Waals surface area contributed by atoms with E-state index in [-0.39, 0.29) is 17.5 Å². The van der Waals surface area contributed by atoms with Gasteiger partial charge in [0, 0.05) is 6.04 Å². The maximum absolute atomic E-state index is 11.9. The molecule has 0 radical (unpaired) electrons. The Kier molecular flexibility index (Phi) is 1.45. The van der Waals surface area contributed by atoms with Crippen molar-refractivity contribution in [3.8, 4) is 0 Å². The third kappa shape index (κ3) is 0.989. The third-order valence-corrected chi connectivity index (χ3v) is 3.73. The number of rotatable bonds is 0. The van der Waals surface area contributed by atoms with Gasteiger partial charge in [-0.05, 0) is 32.1 Å². The van der Waals surface area contributed by atoms with E-state index in [1.54, 1.807) is 0 Å². The van der Waals surface area contributed by atoms with Crippen molar-refractivity contribution in [1.82, 2.24) is 10.6 Å². The highest BCUT2D eigenvalue weighted by molar-refractivity contribution is 5.82. The molecule has 3 aliphatic rings. The van der Waals surface area contributed by atoms with Gasteiger partial charge < -0.3 is 5.32 Å². The minimum Gasteiger partial charge on any atom is -0.338 e. The van der Waals surface area contributed by atoms with E-state index >= 15 is 0 Å². The molecule has 2 fully saturated rings. The van der Waals surface area contributed by atoms with Crippen molar-refractivity contribution in [2.45, 2.75) is 32.0 Å². The first-order valence-electron chi connectivity index (χ1n) is 5.35. The summed E-state index contributed by atoms with van der Waals surface area (Å²) in [5.41, 5.74) is -0.240. The van der Waals surface area contributed by atoms with Crippen LogP contribution in [0, 0.1) is 17.8 Å². The van der Waals surface area contributed by atoms with E-state index in [4.69, 9.17) is 0 Å². The van der Waals surface area contributed by atoms with Crippen molar-refractivity contribution in [1.29, 1.82) is 0 Å². The van der Waals surface area contributed by atoms with Crippen LogP contribution in [0.2, 0.25) is 0 Å². The van der Waals surface area contributed by atoms with E-state index in [9.17, 15) is 4.79 Å². The van der Waals surface area contributed by atoms with Crippen LogP contribution in [-0.2, 0) is 4.79 Å². The number of allylic oxidation sites excluding steroid dienone is 1. The van der Waals surface area contributed by atoms with E-state index in [1.807, 2.05) is 13.8 Å². The van der Waals surface area contributed by atoms with Gasteiger partial charge in [0.05, 0.1) is 11.6 Å². The fourth-order valence-electron chi connectivity index (χ4n) is 3.22. The second-order valence-corrected chi connectivity index (χ2v) is 5.26. The largest absolute Gasteiger partial charge is 0.338 e. The molecule has 0 spiro atoms. The lowest BCUT2D eigenvalue weighted by Gasteiger charge is -2.42. The van der Waals surface area contributed by atoms with Crippen LogP contribution in [0.25, 0.3) is 0 Å². The lowest BCUT2D eigenvalue weighted by Crippen LogP contribution is -2.67. The van der Waals surface area contributed by atoms with Crippen LogP contribution in [0.5, 0.6) is 0 Å². The van der Waals surface area contributed by atoms with Gasteiger partial charge in [-0.2, -0.15) is 0 Å². The zero-order chi connectivity index (χ0) is 9.92. The highest BCUT2D eigenvalue weighted by Gasteiger charge is 2.52. The third-order valence-electron chi connectivity index (χ3n) is 3.73. The summed E-state index contributed by atoms with van der Waals surface area (Å²) >= 11 is 0. The lowest BCUT2D eigenvalue weighted by atomic mass is 9.84. The molecule has 2 N–H and O–H groups in total. The number of hydrogen-bond donors (Lipinski definition) is 2. The molecule has 1 saturated carbocycles. The van der Waals surface area contributed by atoms with Gasteiger partial charge in [0.15, 0.2) is 0 Å². The van der Waals surface area contributed by atoms with Crippen molar-refractivity contribution in [2.75, 3.05) is 0 Å². The second-order valence-electron chi connectivity index (χ2n) is 5.26. The van der Waals surface area contributed by atoms with Gasteiger partial charge >= 0.3 is 0 Å². The average Bonchev–Trinajstić information content (AvgIpc) is 2.59. The molecular weight excluding hydrogens is 176 g/mol. The van der Waals surface area contributed by atoms with Gasteiger partial charge in [-0.1, -0.05) is 12.2 Å². The van der Waals surface area contributed by atoms with Crippen molar-refractivity contribution >= 4 is 5.91 Å². The summed E-state index contributed by atoms with van der Waals surface area (Å²) in [6, 6.07) is 0.369. The van der Waals surface area contributed by atoms with E-state index in [2.05, 4.69) is 22.8 Å². The van der Waals surface area contributed by atoms with E-state index in [0.717, 1.165) is 6.42 Å². The summed E-state index contributed by atoms with van der Waals surface area (Å²) in [6.45, 7) is 4.05. The van der Waals surface area contributed by atoms with Gasteiger partial charge in [0.25, 0.3) is 0 Å². The predicted octanol–water partition coefficient (Wildman–Crippen LogP) is 0.633. The van der Waals surface area contributed by atoms with Crippen LogP contribution in [-0.4, -0.2) is 17.6 Å². The fraction of sp³-hybridized carbons (Fsp3) is 0.727. The number of carbonyl (C=O) groups is 1. The SMILES string of the molecule is CC1(C)NC(=O)[C@H]2[C@@H](N1)[C@@H]1C=C[C@H]2C1. The zero-order valence-corrected chi connectivity index (χ0v) is 8.58. The maximum Gasteiger partial charge on any atom is 0.226 e. The Morgan fingerprint density at radius 1 is 1.36 bits per heavy atom. The standard InChI is InChI=1S/C11H16N2O/c1-11(2)12-9-7-4-3-6(5-7)8(9)10(14)13-11/h3-4,6-9,12H,5H2,1-2H3,(H,13,14)/t6-,7+,8+,9-/m0/s1. The molecule has 1 amide bonds. The molecule has 3 nitrogen and oxygen atoms in total. The Hall–Kier alpha value is -0.830. The first-order valence-corrected chi connectivity index (χ1v) is 5.35. The Bertz CT molecular complexity index is 321. The Balaban J connectivity index is 1.95. The average molecular weight is 192 g/mol. The zero-order valence-electron chi connectivity index (χ0n) is 8.58. The molecule has 0 unspecified atom stereocenters. The molecule has 2 aliphatic carbocycles. The molecule has 0 aromatic carbocycles. The summed E-state index contributed by atoms with van der Waals surface area (Å²) in [5, 5.41) is 6.56. The van der Waals surface area contributed by atoms with Crippen molar-refractivity contribution in [3.05, 3.63) is 12.2 Å². The van der Waals surface area contributed by atoms with Crippen molar-refractivity contribution in [2.24, 2.45) is 17.8 Å². The van der Waals surface area contributed by atoms with E-state index in [0.29, 0.717) is 17.9 Å². The minimum absolute atomic E-state index is 0.179. The van der Waals surface area contributed by atoms with Gasteiger partial charge in [-0.3, -0.25) is 10.1 Å². The maximum atomic E-state index is 11.9. The molecule has 0 aromatic heterocycles. The summed E-state index contributed by atoms with van der Waals surface area (Å²) in [4.78, 5) is 11.9. The van der Waals surface area contributed by atoms with Gasteiger partial charge in [-0.25, -0.2) is 0 Å². The molecule has 1 saturated heterocycles. The molecule has 1 heterocycles. The van der Waals surface area contributed by atoms with Crippen LogP contribution in [0.1, 0.15) is 20.3 Å². The summed E-state index contributed by atoms with van der Waals surface area (Å²) in [7, 11) is 0. The number of carbonyl (C=O) groups excluding carboxylic acids is 1. The molecule has 3 rings (SSSR count). The molecule has 76 valence electrons. The van der Waals surface area contributed by atoms with Crippen LogP contribution < -0.4 is 10.6 Å². The van der Waals surface area contributed by atoms with Crippen LogP contribution in [0.15, 0.2) is 12.2 Å². The van der Waals surface area contributed by atoms with Crippen molar-refractivity contribution in [3.63, 3.8) is 0 Å². The van der Waals surface area contributed by atoms with Crippen LogP contribution in [0.4, 0.5) is 0 Å². The number of nitrogens with one attached hydrogen (secondary N) is 2. The molecular formula is C11H16N2O. The van der Waals surface area contributed by atoms with Gasteiger partial charge in [0.2, 0.25) is 5.91 Å². The molecule has 14 heavy (non-hydrogen) atoms. The Morgan fingerprint density at radius 2 is 2.07 bits per heavy atom. The number of hydrogen-bond acceptors (Lipinski definition) is 2. The highest BCUT2D eigenvalue weighted by Crippen LogP contribution is 2.45. The molecule has 4 atom stereocenters. The van der Waals surface area contributed by atoms with Gasteiger partial charge in [0.1, 0.15) is 0 Å². The highest BCUT2D eigenvalue weighted by atomic mass is 16.2. The topological polar surface area (TPSA) is 41.1 Å². The predicted molar refractivity (Wildman–Crippen MR) is 53.4 cm³/mol. The Morgan fingerprint density at radius 3 is 2.86 bits per heavy atom. The lowest BCUT2D eigenvalue weighted by molar-refractivity contribution is -0.132. The summed E-state index contributed by atoms with van der Waals surface area (Å²) < 4.78 is 0. The number of fused-ring (bicyclic) bond motifs is 5. The molecule has 0 aromatic rings. The van der Waals surface area contributed by atoms with Crippen LogP contribution >= 0.6 is 0 Å². The second kappa shape index (κ2) is 2.40. The quantitative estimate of drug-likeness (QED) is 0.553. The minimum atomic E-state index is -0.240. The van der Waals surface area contributed by atoms with Gasteiger partial charge in [-0.15, -0.1) is 0 Å². The fourth-order valence-corrected chi connectivity index (χ4v) is 3.22. The Labute approximate surface area is 83.9 Å². The first kappa shape index (κ1) is 8.48. The normalized spacial score (nSPS) is 47.7. The molecule has 2 bridgehead atoms. The summed E-state index contributed by atoms with van der Waals surface area (Å²) in [5.74, 6) is 1.47. The summed E-state index contributed by atoms with van der Waals surface area (Å²) in [6.07, 6.45) is 5.64.